The zero-order valence-corrected chi connectivity index (χ0v) is 14.5. The van der Waals surface area contributed by atoms with Gasteiger partial charge in [-0.05, 0) is 23.8 Å². The zero-order chi connectivity index (χ0) is 19.4. The van der Waals surface area contributed by atoms with Crippen LogP contribution in [0.25, 0.3) is 0 Å². The molecule has 2 aromatic rings. The molecule has 1 fully saturated rings. The maximum absolute atomic E-state index is 13.9. The van der Waals surface area contributed by atoms with Crippen molar-refractivity contribution in [2.24, 2.45) is 0 Å². The van der Waals surface area contributed by atoms with Crippen molar-refractivity contribution in [3.63, 3.8) is 0 Å². The van der Waals surface area contributed by atoms with E-state index in [0.29, 0.717) is 5.56 Å². The van der Waals surface area contributed by atoms with Crippen LogP contribution in [-0.2, 0) is 9.53 Å². The third-order valence-corrected chi connectivity index (χ3v) is 4.13. The first-order valence-electron chi connectivity index (χ1n) is 8.16. The minimum Gasteiger partial charge on any atom is -0.494 e. The van der Waals surface area contributed by atoms with Crippen molar-refractivity contribution >= 4 is 17.9 Å². The van der Waals surface area contributed by atoms with Gasteiger partial charge in [-0.3, -0.25) is 9.59 Å². The van der Waals surface area contributed by atoms with E-state index in [2.05, 4.69) is 5.32 Å². The summed E-state index contributed by atoms with van der Waals surface area (Å²) in [5.74, 6) is -1.67. The summed E-state index contributed by atoms with van der Waals surface area (Å²) in [4.78, 5) is 37.1. The van der Waals surface area contributed by atoms with Gasteiger partial charge in [-0.1, -0.05) is 30.3 Å². The average molecular weight is 372 g/mol. The molecule has 3 amide bonds. The molecule has 8 heteroatoms. The first-order chi connectivity index (χ1) is 13.0. The van der Waals surface area contributed by atoms with Gasteiger partial charge in [0.2, 0.25) is 0 Å². The van der Waals surface area contributed by atoms with E-state index < -0.39 is 29.8 Å². The number of hydrogen-bond acceptors (Lipinski definition) is 5. The smallest absolute Gasteiger partial charge is 0.417 e. The normalized spacial score (nSPS) is 14.7. The second kappa shape index (κ2) is 7.86. The van der Waals surface area contributed by atoms with E-state index in [4.69, 9.17) is 9.47 Å². The Bertz CT molecular complexity index is 856. The van der Waals surface area contributed by atoms with Gasteiger partial charge < -0.3 is 14.8 Å². The minimum atomic E-state index is -0.759. The van der Waals surface area contributed by atoms with Crippen LogP contribution in [-0.4, -0.2) is 43.1 Å². The molecule has 140 valence electrons. The maximum atomic E-state index is 13.9. The standard InChI is InChI=1S/C19H17FN2O5/c1-26-16-8-7-13(9-14(16)20)18(24)21-15(12-5-3-2-4-6-12)10-22-17(23)11-27-19(22)25/h2-9,15H,10-11H2,1H3,(H,21,24). The molecule has 1 aliphatic rings. The van der Waals surface area contributed by atoms with Gasteiger partial charge in [-0.2, -0.15) is 0 Å². The van der Waals surface area contributed by atoms with Crippen LogP contribution in [0.2, 0.25) is 0 Å². The fourth-order valence-electron chi connectivity index (χ4n) is 2.71. The number of ether oxygens (including phenoxy) is 2. The predicted octanol–water partition coefficient (Wildman–Crippen LogP) is 2.28. The summed E-state index contributed by atoms with van der Waals surface area (Å²) in [6.07, 6.45) is -0.759. The molecule has 1 aliphatic heterocycles. The zero-order valence-electron chi connectivity index (χ0n) is 14.5. The summed E-state index contributed by atoms with van der Waals surface area (Å²) in [7, 11) is 1.33. The second-order valence-electron chi connectivity index (χ2n) is 5.84. The van der Waals surface area contributed by atoms with Crippen molar-refractivity contribution in [2.45, 2.75) is 6.04 Å². The maximum Gasteiger partial charge on any atom is 0.417 e. The number of hydrogen-bond donors (Lipinski definition) is 1. The number of amides is 3. The van der Waals surface area contributed by atoms with Crippen LogP contribution in [0.3, 0.4) is 0 Å². The first-order valence-corrected chi connectivity index (χ1v) is 8.16. The number of rotatable bonds is 6. The van der Waals surface area contributed by atoms with E-state index in [1.807, 2.05) is 0 Å². The number of carbonyl (C=O) groups is 3. The molecule has 0 aromatic heterocycles. The van der Waals surface area contributed by atoms with Crippen LogP contribution in [0, 0.1) is 5.82 Å². The Labute approximate surface area is 154 Å². The van der Waals surface area contributed by atoms with E-state index in [1.165, 1.54) is 19.2 Å². The summed E-state index contributed by atoms with van der Waals surface area (Å²) in [6.45, 7) is -0.413. The molecular weight excluding hydrogens is 355 g/mol. The SMILES string of the molecule is COc1ccc(C(=O)NC(CN2C(=O)COC2=O)c2ccccc2)cc1F. The monoisotopic (exact) mass is 372 g/mol. The van der Waals surface area contributed by atoms with Crippen LogP contribution in [0.4, 0.5) is 9.18 Å². The molecule has 2 aromatic carbocycles. The van der Waals surface area contributed by atoms with Gasteiger partial charge in [0.1, 0.15) is 0 Å². The van der Waals surface area contributed by atoms with Crippen LogP contribution in [0.5, 0.6) is 5.75 Å². The number of halogens is 1. The van der Waals surface area contributed by atoms with Crippen LogP contribution in [0.15, 0.2) is 48.5 Å². The highest BCUT2D eigenvalue weighted by molar-refractivity contribution is 5.98. The Kier molecular flexibility index (Phi) is 5.35. The quantitative estimate of drug-likeness (QED) is 0.841. The Morgan fingerprint density at radius 3 is 2.59 bits per heavy atom. The van der Waals surface area contributed by atoms with Gasteiger partial charge in [-0.25, -0.2) is 14.1 Å². The lowest BCUT2D eigenvalue weighted by Gasteiger charge is -2.23. The van der Waals surface area contributed by atoms with Crippen molar-refractivity contribution in [3.05, 3.63) is 65.5 Å². The molecule has 1 heterocycles. The molecule has 27 heavy (non-hydrogen) atoms. The van der Waals surface area contributed by atoms with Gasteiger partial charge >= 0.3 is 6.09 Å². The lowest BCUT2D eigenvalue weighted by Crippen LogP contribution is -2.40. The van der Waals surface area contributed by atoms with Gasteiger partial charge in [0.25, 0.3) is 11.8 Å². The van der Waals surface area contributed by atoms with Gasteiger partial charge in [-0.15, -0.1) is 0 Å². The lowest BCUT2D eigenvalue weighted by molar-refractivity contribution is -0.126. The average Bonchev–Trinajstić information content (AvgIpc) is 3.00. The van der Waals surface area contributed by atoms with Crippen molar-refractivity contribution in [2.75, 3.05) is 20.3 Å². The summed E-state index contributed by atoms with van der Waals surface area (Å²) in [5.41, 5.74) is 0.775. The van der Waals surface area contributed by atoms with Crippen molar-refractivity contribution in [3.8, 4) is 5.75 Å². The molecule has 0 aliphatic carbocycles. The van der Waals surface area contributed by atoms with E-state index in [1.54, 1.807) is 30.3 Å². The van der Waals surface area contributed by atoms with Crippen LogP contribution in [0.1, 0.15) is 22.0 Å². The van der Waals surface area contributed by atoms with Crippen LogP contribution < -0.4 is 10.1 Å². The molecule has 1 atom stereocenters. The summed E-state index contributed by atoms with van der Waals surface area (Å²) >= 11 is 0. The Morgan fingerprint density at radius 2 is 2.00 bits per heavy atom. The van der Waals surface area contributed by atoms with Crippen LogP contribution >= 0.6 is 0 Å². The molecule has 0 bridgehead atoms. The predicted molar refractivity (Wildman–Crippen MR) is 92.7 cm³/mol. The molecule has 1 saturated heterocycles. The molecule has 1 unspecified atom stereocenters. The highest BCUT2D eigenvalue weighted by atomic mass is 19.1. The van der Waals surface area contributed by atoms with E-state index in [-0.39, 0.29) is 24.5 Å². The summed E-state index contributed by atoms with van der Waals surface area (Å²) in [6, 6.07) is 12.0. The number of carbonyl (C=O) groups excluding carboxylic acids is 3. The second-order valence-corrected chi connectivity index (χ2v) is 5.84. The van der Waals surface area contributed by atoms with E-state index in [0.717, 1.165) is 11.0 Å². The molecule has 0 saturated carbocycles. The Balaban J connectivity index is 1.83. The minimum absolute atomic E-state index is 0.0246. The van der Waals surface area contributed by atoms with Gasteiger partial charge in [0.05, 0.1) is 19.7 Å². The largest absolute Gasteiger partial charge is 0.494 e. The number of benzene rings is 2. The topological polar surface area (TPSA) is 84.9 Å². The first kappa shape index (κ1) is 18.4. The summed E-state index contributed by atoms with van der Waals surface area (Å²) in [5, 5.41) is 2.73. The fourth-order valence-corrected chi connectivity index (χ4v) is 2.71. The third kappa shape index (κ3) is 4.05. The fraction of sp³-hybridized carbons (Fsp3) is 0.211. The number of cyclic esters (lactones) is 1. The molecular formula is C19H17FN2O5. The van der Waals surface area contributed by atoms with Gasteiger partial charge in [0.15, 0.2) is 18.2 Å². The Hall–Kier alpha value is -3.42. The van der Waals surface area contributed by atoms with Crippen molar-refractivity contribution < 1.29 is 28.2 Å². The van der Waals surface area contributed by atoms with Gasteiger partial charge in [0, 0.05) is 5.56 Å². The van der Waals surface area contributed by atoms with E-state index in [9.17, 15) is 18.8 Å². The third-order valence-electron chi connectivity index (χ3n) is 4.13. The number of imide groups is 1. The Morgan fingerprint density at radius 1 is 1.26 bits per heavy atom. The van der Waals surface area contributed by atoms with E-state index >= 15 is 0 Å². The van der Waals surface area contributed by atoms with Crippen molar-refractivity contribution in [1.29, 1.82) is 0 Å². The number of nitrogens with zero attached hydrogens (tertiary/aromatic N) is 1. The number of methoxy groups -OCH3 is 1. The molecule has 7 nitrogen and oxygen atoms in total. The molecule has 0 radical (unpaired) electrons. The molecule has 0 spiro atoms. The number of nitrogens with one attached hydrogen (secondary N) is 1. The molecule has 1 N–H and O–H groups in total. The molecule has 3 rings (SSSR count). The summed E-state index contributed by atoms with van der Waals surface area (Å²) < 4.78 is 23.4. The highest BCUT2D eigenvalue weighted by Gasteiger charge is 2.33. The highest BCUT2D eigenvalue weighted by Crippen LogP contribution is 2.20. The lowest BCUT2D eigenvalue weighted by atomic mass is 10.1. The van der Waals surface area contributed by atoms with Crippen molar-refractivity contribution in [1.82, 2.24) is 10.2 Å².